The van der Waals surface area contributed by atoms with Crippen LogP contribution in [-0.2, 0) is 26.6 Å². The van der Waals surface area contributed by atoms with Crippen LogP contribution >= 0.6 is 0 Å². The summed E-state index contributed by atoms with van der Waals surface area (Å²) in [6.07, 6.45) is 4.29. The Labute approximate surface area is 149 Å². The van der Waals surface area contributed by atoms with Crippen molar-refractivity contribution in [3.63, 3.8) is 0 Å². The molecule has 1 amide bonds. The molecule has 0 radical (unpaired) electrons. The molecule has 0 atom stereocenters. The number of hydrogen-bond donors (Lipinski definition) is 1. The average Bonchev–Trinajstić information content (AvgIpc) is 3.34. The van der Waals surface area contributed by atoms with Crippen LogP contribution in [-0.4, -0.2) is 54.0 Å². The van der Waals surface area contributed by atoms with E-state index in [0.29, 0.717) is 13.1 Å². The van der Waals surface area contributed by atoms with Gasteiger partial charge in [0.1, 0.15) is 16.9 Å². The third-order valence-corrected chi connectivity index (χ3v) is 5.80. The van der Waals surface area contributed by atoms with Crippen LogP contribution < -0.4 is 5.32 Å². The predicted octanol–water partition coefficient (Wildman–Crippen LogP) is 0.593. The van der Waals surface area contributed by atoms with Crippen LogP contribution in [0.15, 0.2) is 34.0 Å². The molecule has 2 aromatic heterocycles. The van der Waals surface area contributed by atoms with Crippen LogP contribution in [0.1, 0.15) is 23.3 Å². The van der Waals surface area contributed by atoms with E-state index in [-0.39, 0.29) is 16.4 Å². The number of carbonyl (C=O) groups is 2. The van der Waals surface area contributed by atoms with Crippen molar-refractivity contribution in [2.45, 2.75) is 17.7 Å². The molecule has 0 aliphatic carbocycles. The maximum atomic E-state index is 12.5. The van der Waals surface area contributed by atoms with Crippen LogP contribution in [0, 0.1) is 0 Å². The first-order chi connectivity index (χ1) is 12.4. The Hall–Kier alpha value is -2.66. The maximum Gasteiger partial charge on any atom is 0.355 e. The summed E-state index contributed by atoms with van der Waals surface area (Å²) in [6.45, 7) is 0.406. The summed E-state index contributed by atoms with van der Waals surface area (Å²) in [5.74, 6) is -1.19. The summed E-state index contributed by atoms with van der Waals surface area (Å²) in [5.41, 5.74) is 0.0389. The fraction of sp³-hybridized carbons (Fsp3) is 0.400. The van der Waals surface area contributed by atoms with Gasteiger partial charge in [-0.05, 0) is 18.9 Å². The van der Waals surface area contributed by atoms with Crippen molar-refractivity contribution in [1.29, 1.82) is 0 Å². The fourth-order valence-electron chi connectivity index (χ4n) is 2.62. The highest BCUT2D eigenvalue weighted by Crippen LogP contribution is 2.22. The van der Waals surface area contributed by atoms with Gasteiger partial charge >= 0.3 is 5.97 Å². The van der Waals surface area contributed by atoms with Crippen LogP contribution in [0.3, 0.4) is 0 Å². The highest BCUT2D eigenvalue weighted by Gasteiger charge is 2.29. The molecule has 1 aliphatic rings. The monoisotopic (exact) mass is 382 g/mol. The molecule has 0 spiro atoms. The van der Waals surface area contributed by atoms with Gasteiger partial charge in [0.05, 0.1) is 0 Å². The first-order valence-electron chi connectivity index (χ1n) is 7.92. The van der Waals surface area contributed by atoms with Crippen molar-refractivity contribution in [3.8, 4) is 0 Å². The molecule has 11 heteroatoms. The third kappa shape index (κ3) is 3.78. The number of nitrogens with zero attached hydrogens (tertiary/aromatic N) is 3. The molecule has 140 valence electrons. The summed E-state index contributed by atoms with van der Waals surface area (Å²) in [4.78, 5) is 23.9. The van der Waals surface area contributed by atoms with Crippen molar-refractivity contribution in [1.82, 2.24) is 14.0 Å². The molecule has 10 nitrogen and oxygen atoms in total. The number of anilines is 1. The number of rotatable bonds is 6. The largest absolute Gasteiger partial charge is 0.451 e. The number of esters is 1. The van der Waals surface area contributed by atoms with E-state index in [0.717, 1.165) is 12.8 Å². The Morgan fingerprint density at radius 2 is 2.08 bits per heavy atom. The van der Waals surface area contributed by atoms with Crippen LogP contribution in [0.2, 0.25) is 0 Å². The van der Waals surface area contributed by atoms with Gasteiger partial charge in [-0.1, -0.05) is 5.16 Å². The Morgan fingerprint density at radius 3 is 2.73 bits per heavy atom. The Kier molecular flexibility index (Phi) is 5.09. The van der Waals surface area contributed by atoms with Gasteiger partial charge in [-0.15, -0.1) is 0 Å². The fourth-order valence-corrected chi connectivity index (χ4v) is 4.21. The van der Waals surface area contributed by atoms with Gasteiger partial charge in [0, 0.05) is 32.4 Å². The van der Waals surface area contributed by atoms with Gasteiger partial charge in [-0.3, -0.25) is 4.79 Å². The minimum absolute atomic E-state index is 0.0286. The molecular weight excluding hydrogens is 364 g/mol. The van der Waals surface area contributed by atoms with E-state index >= 15 is 0 Å². The van der Waals surface area contributed by atoms with E-state index in [1.165, 1.54) is 40.5 Å². The number of nitrogens with one attached hydrogen (secondary N) is 1. The number of aryl methyl sites for hydroxylation is 1. The number of hydrogen-bond acceptors (Lipinski definition) is 7. The van der Waals surface area contributed by atoms with Gasteiger partial charge in [-0.25, -0.2) is 13.2 Å². The third-order valence-electron chi connectivity index (χ3n) is 3.93. The van der Waals surface area contributed by atoms with Crippen molar-refractivity contribution in [2.75, 3.05) is 25.0 Å². The number of sulfonamides is 1. The topological polar surface area (TPSA) is 124 Å². The number of aromatic nitrogens is 2. The summed E-state index contributed by atoms with van der Waals surface area (Å²) in [5, 5.41) is 5.88. The minimum atomic E-state index is -3.63. The first kappa shape index (κ1) is 18.1. The predicted molar refractivity (Wildman–Crippen MR) is 88.8 cm³/mol. The van der Waals surface area contributed by atoms with Crippen LogP contribution in [0.25, 0.3) is 0 Å². The Morgan fingerprint density at radius 1 is 1.35 bits per heavy atom. The van der Waals surface area contributed by atoms with E-state index in [2.05, 4.69) is 15.0 Å². The van der Waals surface area contributed by atoms with E-state index in [4.69, 9.17) is 4.74 Å². The normalized spacial score (nSPS) is 15.1. The highest BCUT2D eigenvalue weighted by atomic mass is 32.2. The maximum absolute atomic E-state index is 12.5. The molecule has 0 bridgehead atoms. The smallest absolute Gasteiger partial charge is 0.355 e. The van der Waals surface area contributed by atoms with Crippen LogP contribution in [0.4, 0.5) is 5.82 Å². The summed E-state index contributed by atoms with van der Waals surface area (Å²) in [6, 6.07) is 2.69. The second-order valence-corrected chi connectivity index (χ2v) is 7.73. The number of ether oxygens (including phenoxy) is 1. The lowest BCUT2D eigenvalue weighted by Crippen LogP contribution is -2.27. The second kappa shape index (κ2) is 7.30. The molecule has 2 aromatic rings. The zero-order chi connectivity index (χ0) is 18.7. The van der Waals surface area contributed by atoms with E-state index < -0.39 is 28.5 Å². The molecule has 1 saturated heterocycles. The zero-order valence-corrected chi connectivity index (χ0v) is 14.9. The summed E-state index contributed by atoms with van der Waals surface area (Å²) >= 11 is 0. The average molecular weight is 382 g/mol. The lowest BCUT2D eigenvalue weighted by Gasteiger charge is -2.13. The molecule has 0 saturated carbocycles. The molecule has 3 heterocycles. The Balaban J connectivity index is 1.64. The van der Waals surface area contributed by atoms with E-state index in [9.17, 15) is 18.0 Å². The lowest BCUT2D eigenvalue weighted by molar-refractivity contribution is -0.119. The Bertz CT molecular complexity index is 897. The highest BCUT2D eigenvalue weighted by molar-refractivity contribution is 7.89. The molecule has 0 unspecified atom stereocenters. The molecule has 1 N–H and O–H groups in total. The van der Waals surface area contributed by atoms with Crippen molar-refractivity contribution < 1.29 is 27.3 Å². The van der Waals surface area contributed by atoms with Crippen LogP contribution in [0.5, 0.6) is 0 Å². The summed E-state index contributed by atoms with van der Waals surface area (Å²) in [7, 11) is -2.10. The molecule has 1 fully saturated rings. The van der Waals surface area contributed by atoms with E-state index in [1.807, 2.05) is 0 Å². The van der Waals surface area contributed by atoms with Gasteiger partial charge in [0.15, 0.2) is 12.4 Å². The molecule has 3 rings (SSSR count). The molecule has 1 aliphatic heterocycles. The standard InChI is InChI=1S/C15H18N4O6S/c1-18-9-11(26(22,23)19-5-2-3-6-19)8-12(18)15(21)24-10-14(20)16-13-4-7-25-17-13/h4,7-9H,2-3,5-6,10H2,1H3,(H,16,17,20). The van der Waals surface area contributed by atoms with E-state index in [1.54, 1.807) is 0 Å². The van der Waals surface area contributed by atoms with Gasteiger partial charge in [0.2, 0.25) is 10.0 Å². The van der Waals surface area contributed by atoms with Crippen molar-refractivity contribution in [2.24, 2.45) is 7.05 Å². The van der Waals surface area contributed by atoms with Gasteiger partial charge in [-0.2, -0.15) is 4.31 Å². The SMILES string of the molecule is Cn1cc(S(=O)(=O)N2CCCC2)cc1C(=O)OCC(=O)Nc1ccon1. The molecule has 26 heavy (non-hydrogen) atoms. The minimum Gasteiger partial charge on any atom is -0.451 e. The number of amides is 1. The summed E-state index contributed by atoms with van der Waals surface area (Å²) < 4.78 is 37.3. The zero-order valence-electron chi connectivity index (χ0n) is 14.0. The lowest BCUT2D eigenvalue weighted by atomic mass is 10.4. The quantitative estimate of drug-likeness (QED) is 0.725. The van der Waals surface area contributed by atoms with Crippen molar-refractivity contribution in [3.05, 3.63) is 30.3 Å². The number of carbonyl (C=O) groups excluding carboxylic acids is 2. The van der Waals surface area contributed by atoms with Gasteiger partial charge < -0.3 is 19.1 Å². The second-order valence-electron chi connectivity index (χ2n) is 5.79. The van der Waals surface area contributed by atoms with Crippen molar-refractivity contribution >= 4 is 27.7 Å². The van der Waals surface area contributed by atoms with Gasteiger partial charge in [0.25, 0.3) is 5.91 Å². The molecule has 0 aromatic carbocycles. The first-order valence-corrected chi connectivity index (χ1v) is 9.36. The molecular formula is C15H18N4O6S.